The van der Waals surface area contributed by atoms with Gasteiger partial charge in [-0.25, -0.2) is 0 Å². The zero-order chi connectivity index (χ0) is 15.2. The topological polar surface area (TPSA) is 41.5 Å². The smallest absolute Gasteiger partial charge is 0.119 e. The van der Waals surface area contributed by atoms with Crippen LogP contribution < -0.4 is 10.1 Å². The summed E-state index contributed by atoms with van der Waals surface area (Å²) in [4.78, 5) is 0. The van der Waals surface area contributed by atoms with Crippen molar-refractivity contribution in [3.8, 4) is 5.75 Å². The van der Waals surface area contributed by atoms with Gasteiger partial charge in [0.1, 0.15) is 18.5 Å². The van der Waals surface area contributed by atoms with E-state index in [1.165, 1.54) is 0 Å². The van der Waals surface area contributed by atoms with E-state index in [0.29, 0.717) is 17.3 Å². The monoisotopic (exact) mass is 369 g/mol. The van der Waals surface area contributed by atoms with Gasteiger partial charge in [0.25, 0.3) is 0 Å². The van der Waals surface area contributed by atoms with Crippen molar-refractivity contribution >= 4 is 33.2 Å². The van der Waals surface area contributed by atoms with Crippen LogP contribution in [0, 0.1) is 6.92 Å². The Labute approximate surface area is 138 Å². The Hall–Kier alpha value is -1.23. The molecule has 3 nitrogen and oxygen atoms in total. The van der Waals surface area contributed by atoms with Crippen LogP contribution in [-0.4, -0.2) is 24.4 Å². The third-order valence-electron chi connectivity index (χ3n) is 2.96. The minimum absolute atomic E-state index is 0.227. The number of halogens is 2. The first-order valence-corrected chi connectivity index (χ1v) is 7.78. The van der Waals surface area contributed by atoms with Crippen LogP contribution in [0.5, 0.6) is 5.75 Å². The van der Waals surface area contributed by atoms with Crippen molar-refractivity contribution in [2.45, 2.75) is 13.0 Å². The number of nitrogens with one attached hydrogen (secondary N) is 1. The molecule has 2 rings (SSSR count). The molecule has 0 bridgehead atoms. The molecule has 0 radical (unpaired) electrons. The van der Waals surface area contributed by atoms with Crippen molar-refractivity contribution in [2.75, 3.05) is 18.5 Å². The molecule has 2 aromatic rings. The van der Waals surface area contributed by atoms with Crippen LogP contribution in [-0.2, 0) is 0 Å². The minimum atomic E-state index is -0.593. The number of anilines is 1. The third kappa shape index (κ3) is 5.23. The van der Waals surface area contributed by atoms with Crippen LogP contribution in [0.4, 0.5) is 5.69 Å². The number of ether oxygens (including phenoxy) is 1. The highest BCUT2D eigenvalue weighted by molar-refractivity contribution is 9.10. The van der Waals surface area contributed by atoms with E-state index >= 15 is 0 Å². The predicted molar refractivity (Wildman–Crippen MR) is 90.3 cm³/mol. The van der Waals surface area contributed by atoms with Crippen LogP contribution in [0.25, 0.3) is 0 Å². The van der Waals surface area contributed by atoms with E-state index in [0.717, 1.165) is 15.7 Å². The average Bonchev–Trinajstić information content (AvgIpc) is 2.48. The van der Waals surface area contributed by atoms with E-state index < -0.39 is 6.10 Å². The molecule has 0 saturated heterocycles. The fraction of sp³-hybridized carbons (Fsp3) is 0.250. The maximum Gasteiger partial charge on any atom is 0.119 e. The molecule has 0 saturated carbocycles. The number of hydrogen-bond acceptors (Lipinski definition) is 3. The van der Waals surface area contributed by atoms with Gasteiger partial charge in [-0.05, 0) is 55.0 Å². The summed E-state index contributed by atoms with van der Waals surface area (Å²) in [6.07, 6.45) is -0.593. The number of aryl methyl sites for hydroxylation is 1. The van der Waals surface area contributed by atoms with Gasteiger partial charge < -0.3 is 15.2 Å². The minimum Gasteiger partial charge on any atom is -0.491 e. The molecule has 0 heterocycles. The first kappa shape index (κ1) is 16.1. The first-order chi connectivity index (χ1) is 10.0. The fourth-order valence-electron chi connectivity index (χ4n) is 1.76. The van der Waals surface area contributed by atoms with E-state index in [2.05, 4.69) is 21.2 Å². The van der Waals surface area contributed by atoms with E-state index in [4.69, 9.17) is 16.3 Å². The van der Waals surface area contributed by atoms with Crippen LogP contribution in [0.3, 0.4) is 0 Å². The predicted octanol–water partition coefficient (Wildman–Crippen LogP) is 4.26. The molecule has 0 aliphatic carbocycles. The van der Waals surface area contributed by atoms with E-state index in [1.54, 1.807) is 12.1 Å². The summed E-state index contributed by atoms with van der Waals surface area (Å²) in [5.74, 6) is 0.708. The molecule has 1 atom stereocenters. The molecule has 0 spiro atoms. The number of aliphatic hydroxyl groups is 1. The van der Waals surface area contributed by atoms with Gasteiger partial charge in [-0.3, -0.25) is 0 Å². The Morgan fingerprint density at radius 1 is 1.24 bits per heavy atom. The zero-order valence-electron chi connectivity index (χ0n) is 11.6. The highest BCUT2D eigenvalue weighted by Crippen LogP contribution is 2.21. The maximum atomic E-state index is 9.93. The highest BCUT2D eigenvalue weighted by atomic mass is 79.9. The van der Waals surface area contributed by atoms with Crippen LogP contribution in [0.1, 0.15) is 5.56 Å². The highest BCUT2D eigenvalue weighted by Gasteiger charge is 2.06. The normalized spacial score (nSPS) is 12.0. The number of aliphatic hydroxyl groups excluding tert-OH is 1. The summed E-state index contributed by atoms with van der Waals surface area (Å²) in [5.41, 5.74) is 1.91. The molecular formula is C16H17BrClNO2. The second kappa shape index (κ2) is 7.69. The number of rotatable bonds is 6. The van der Waals surface area contributed by atoms with Gasteiger partial charge in [0.2, 0.25) is 0 Å². The molecule has 0 aromatic heterocycles. The molecule has 0 fully saturated rings. The lowest BCUT2D eigenvalue weighted by molar-refractivity contribution is 0.117. The van der Waals surface area contributed by atoms with Crippen molar-refractivity contribution in [1.82, 2.24) is 0 Å². The second-order valence-corrected chi connectivity index (χ2v) is 6.09. The Morgan fingerprint density at radius 2 is 1.95 bits per heavy atom. The standard InChI is InChI=1S/C16H17BrClNO2/c1-11-8-15(6-7-16(11)18)21-10-14(20)9-19-13-4-2-12(17)3-5-13/h2-8,14,19-20H,9-10H2,1H3. The Morgan fingerprint density at radius 3 is 2.62 bits per heavy atom. The van der Waals surface area contributed by atoms with E-state index in [9.17, 15) is 5.11 Å². The van der Waals surface area contributed by atoms with Crippen LogP contribution in [0.2, 0.25) is 5.02 Å². The lowest BCUT2D eigenvalue weighted by atomic mass is 10.2. The fourth-order valence-corrected chi connectivity index (χ4v) is 2.14. The van der Waals surface area contributed by atoms with Crippen molar-refractivity contribution in [2.24, 2.45) is 0 Å². The number of hydrogen-bond donors (Lipinski definition) is 2. The molecule has 0 aliphatic rings. The largest absolute Gasteiger partial charge is 0.491 e. The summed E-state index contributed by atoms with van der Waals surface area (Å²) in [7, 11) is 0. The molecule has 0 amide bonds. The molecule has 0 aliphatic heterocycles. The molecule has 2 aromatic carbocycles. The lowest BCUT2D eigenvalue weighted by Gasteiger charge is -2.14. The Bertz CT molecular complexity index is 589. The molecule has 5 heteroatoms. The van der Waals surface area contributed by atoms with Gasteiger partial charge in [-0.15, -0.1) is 0 Å². The zero-order valence-corrected chi connectivity index (χ0v) is 14.0. The maximum absolute atomic E-state index is 9.93. The average molecular weight is 371 g/mol. The lowest BCUT2D eigenvalue weighted by Crippen LogP contribution is -2.26. The van der Waals surface area contributed by atoms with Crippen molar-refractivity contribution < 1.29 is 9.84 Å². The van der Waals surface area contributed by atoms with Gasteiger partial charge in [-0.1, -0.05) is 27.5 Å². The van der Waals surface area contributed by atoms with Crippen molar-refractivity contribution in [1.29, 1.82) is 0 Å². The SMILES string of the molecule is Cc1cc(OCC(O)CNc2ccc(Br)cc2)ccc1Cl. The quantitative estimate of drug-likeness (QED) is 0.798. The molecule has 1 unspecified atom stereocenters. The van der Waals surface area contributed by atoms with Gasteiger partial charge in [0.15, 0.2) is 0 Å². The van der Waals surface area contributed by atoms with Gasteiger partial charge in [-0.2, -0.15) is 0 Å². The molecular weight excluding hydrogens is 354 g/mol. The van der Waals surface area contributed by atoms with Crippen molar-refractivity contribution in [3.05, 3.63) is 57.5 Å². The Balaban J connectivity index is 1.77. The molecule has 112 valence electrons. The molecule has 2 N–H and O–H groups in total. The summed E-state index contributed by atoms with van der Waals surface area (Å²) in [6.45, 7) is 2.57. The Kier molecular flexibility index (Phi) is 5.91. The van der Waals surface area contributed by atoms with Crippen LogP contribution in [0.15, 0.2) is 46.9 Å². The summed E-state index contributed by atoms with van der Waals surface area (Å²) >= 11 is 9.33. The number of benzene rings is 2. The van der Waals surface area contributed by atoms with E-state index in [-0.39, 0.29) is 6.61 Å². The van der Waals surface area contributed by atoms with Crippen molar-refractivity contribution in [3.63, 3.8) is 0 Å². The third-order valence-corrected chi connectivity index (χ3v) is 3.91. The molecule has 21 heavy (non-hydrogen) atoms. The van der Waals surface area contributed by atoms with Gasteiger partial charge in [0.05, 0.1) is 0 Å². The summed E-state index contributed by atoms with van der Waals surface area (Å²) < 4.78 is 6.58. The van der Waals surface area contributed by atoms with E-state index in [1.807, 2.05) is 37.3 Å². The van der Waals surface area contributed by atoms with Gasteiger partial charge >= 0.3 is 0 Å². The summed E-state index contributed by atoms with van der Waals surface area (Å²) in [5, 5.41) is 13.8. The second-order valence-electron chi connectivity index (χ2n) is 4.76. The first-order valence-electron chi connectivity index (χ1n) is 6.61. The summed E-state index contributed by atoms with van der Waals surface area (Å²) in [6, 6.07) is 13.2. The van der Waals surface area contributed by atoms with Crippen LogP contribution >= 0.6 is 27.5 Å². The van der Waals surface area contributed by atoms with Gasteiger partial charge in [0, 0.05) is 21.7 Å².